The standard InChI is InChI=1S/C24H35N3O2/c1-17(24-13-18-10-19(14-24)12-20(11-18)15-24)25-23(29)16-26-6-8-27(9-7-26)21-2-4-22(28)5-3-21/h2-5,17-20,28H,6-16H2,1H3,(H,25,29)/p+1/t17-,18?,19?,20?,24?/m1/s1. The van der Waals surface area contributed by atoms with Gasteiger partial charge in [-0.2, -0.15) is 0 Å². The lowest BCUT2D eigenvalue weighted by atomic mass is 9.48. The summed E-state index contributed by atoms with van der Waals surface area (Å²) in [6.07, 6.45) is 8.40. The van der Waals surface area contributed by atoms with Crippen LogP contribution in [0.25, 0.3) is 0 Å². The highest BCUT2D eigenvalue weighted by molar-refractivity contribution is 5.77. The SMILES string of the molecule is C[C@@H](NC(=O)C[NH+]1CCN(c2ccc(O)cc2)CC1)C12CC3CC(CC(C3)C1)C2. The molecule has 4 aliphatic carbocycles. The van der Waals surface area contributed by atoms with Crippen LogP contribution in [0.4, 0.5) is 5.69 Å². The molecule has 3 N–H and O–H groups in total. The molecule has 5 heteroatoms. The van der Waals surface area contributed by atoms with Crippen LogP contribution in [-0.2, 0) is 4.79 Å². The number of aromatic hydroxyl groups is 1. The van der Waals surface area contributed by atoms with Gasteiger partial charge in [0.05, 0.1) is 26.2 Å². The van der Waals surface area contributed by atoms with E-state index in [9.17, 15) is 9.90 Å². The quantitative estimate of drug-likeness (QED) is 0.709. The van der Waals surface area contributed by atoms with Crippen molar-refractivity contribution < 1.29 is 14.8 Å². The van der Waals surface area contributed by atoms with Gasteiger partial charge in [-0.25, -0.2) is 0 Å². The largest absolute Gasteiger partial charge is 0.508 e. The van der Waals surface area contributed by atoms with E-state index in [-0.39, 0.29) is 5.91 Å². The van der Waals surface area contributed by atoms with Gasteiger partial charge in [-0.3, -0.25) is 4.79 Å². The molecule has 4 bridgehead atoms. The number of phenolic OH excluding ortho intramolecular Hbond substituents is 1. The fraction of sp³-hybridized carbons (Fsp3) is 0.708. The van der Waals surface area contributed by atoms with Crippen LogP contribution in [0, 0.1) is 23.2 Å². The van der Waals surface area contributed by atoms with Crippen LogP contribution in [0.2, 0.25) is 0 Å². The Kier molecular flexibility index (Phi) is 4.97. The third kappa shape index (κ3) is 3.86. The Morgan fingerprint density at radius 1 is 1.10 bits per heavy atom. The summed E-state index contributed by atoms with van der Waals surface area (Å²) in [5, 5.41) is 12.9. The number of hydrogen-bond donors (Lipinski definition) is 3. The molecule has 5 nitrogen and oxygen atoms in total. The number of carbonyl (C=O) groups is 1. The summed E-state index contributed by atoms with van der Waals surface area (Å²) < 4.78 is 0. The average Bonchev–Trinajstić information content (AvgIpc) is 2.68. The fourth-order valence-corrected chi connectivity index (χ4v) is 7.30. The first kappa shape index (κ1) is 19.2. The number of amides is 1. The summed E-state index contributed by atoms with van der Waals surface area (Å²) in [6.45, 7) is 6.76. The number of anilines is 1. The van der Waals surface area contributed by atoms with E-state index in [1.165, 1.54) is 43.4 Å². The van der Waals surface area contributed by atoms with Crippen LogP contribution < -0.4 is 15.1 Å². The van der Waals surface area contributed by atoms with Crippen molar-refractivity contribution >= 4 is 11.6 Å². The summed E-state index contributed by atoms with van der Waals surface area (Å²) in [7, 11) is 0. The first-order chi connectivity index (χ1) is 14.0. The minimum Gasteiger partial charge on any atom is -0.508 e. The highest BCUT2D eigenvalue weighted by Crippen LogP contribution is 2.61. The van der Waals surface area contributed by atoms with E-state index in [1.54, 1.807) is 12.1 Å². The number of nitrogens with one attached hydrogen (secondary N) is 2. The third-order valence-electron chi connectivity index (χ3n) is 8.48. The van der Waals surface area contributed by atoms with Gasteiger partial charge in [-0.1, -0.05) is 0 Å². The molecule has 1 aromatic rings. The van der Waals surface area contributed by atoms with Gasteiger partial charge in [0, 0.05) is 11.7 Å². The van der Waals surface area contributed by atoms with Gasteiger partial charge in [-0.05, 0) is 92.9 Å². The predicted molar refractivity (Wildman–Crippen MR) is 114 cm³/mol. The lowest BCUT2D eigenvalue weighted by molar-refractivity contribution is -0.892. The Balaban J connectivity index is 1.12. The molecule has 1 aliphatic heterocycles. The van der Waals surface area contributed by atoms with Gasteiger partial charge in [-0.15, -0.1) is 0 Å². The van der Waals surface area contributed by atoms with Crippen molar-refractivity contribution in [2.75, 3.05) is 37.6 Å². The summed E-state index contributed by atoms with van der Waals surface area (Å²) in [4.78, 5) is 16.6. The van der Waals surface area contributed by atoms with Crippen molar-refractivity contribution in [3.8, 4) is 5.75 Å². The number of rotatable bonds is 5. The van der Waals surface area contributed by atoms with E-state index >= 15 is 0 Å². The number of nitrogens with zero attached hydrogens (tertiary/aromatic N) is 1. The van der Waals surface area contributed by atoms with Crippen molar-refractivity contribution in [1.82, 2.24) is 5.32 Å². The highest BCUT2D eigenvalue weighted by atomic mass is 16.3. The Hall–Kier alpha value is -1.75. The molecule has 4 saturated carbocycles. The minimum absolute atomic E-state index is 0.237. The molecule has 158 valence electrons. The molecule has 1 heterocycles. The van der Waals surface area contributed by atoms with Gasteiger partial charge in [0.25, 0.3) is 5.91 Å². The summed E-state index contributed by atoms with van der Waals surface area (Å²) in [5.74, 6) is 3.33. The Bertz CT molecular complexity index is 704. The molecule has 0 radical (unpaired) electrons. The van der Waals surface area contributed by atoms with E-state index in [0.717, 1.165) is 49.6 Å². The van der Waals surface area contributed by atoms with Gasteiger partial charge in [0.1, 0.15) is 5.75 Å². The molecule has 1 aromatic carbocycles. The molecule has 6 rings (SSSR count). The second-order valence-electron chi connectivity index (χ2n) is 10.5. The number of benzene rings is 1. The van der Waals surface area contributed by atoms with Gasteiger partial charge in [0.15, 0.2) is 6.54 Å². The number of carbonyl (C=O) groups excluding carboxylic acids is 1. The molecule has 1 amide bonds. The Labute approximate surface area is 174 Å². The maximum Gasteiger partial charge on any atom is 0.275 e. The zero-order valence-corrected chi connectivity index (χ0v) is 17.7. The predicted octanol–water partition coefficient (Wildman–Crippen LogP) is 1.82. The van der Waals surface area contributed by atoms with E-state index < -0.39 is 0 Å². The smallest absolute Gasteiger partial charge is 0.275 e. The van der Waals surface area contributed by atoms with Crippen LogP contribution in [-0.4, -0.2) is 49.8 Å². The van der Waals surface area contributed by atoms with Crippen LogP contribution in [0.1, 0.15) is 45.4 Å². The summed E-state index contributed by atoms with van der Waals surface area (Å²) in [5.41, 5.74) is 1.54. The molecule has 0 aromatic heterocycles. The molecular weight excluding hydrogens is 362 g/mol. The van der Waals surface area contributed by atoms with E-state index in [1.807, 2.05) is 12.1 Å². The first-order valence-electron chi connectivity index (χ1n) is 11.7. The molecule has 5 fully saturated rings. The van der Waals surface area contributed by atoms with Crippen molar-refractivity contribution in [1.29, 1.82) is 0 Å². The van der Waals surface area contributed by atoms with Gasteiger partial charge in [0.2, 0.25) is 0 Å². The zero-order chi connectivity index (χ0) is 20.0. The van der Waals surface area contributed by atoms with E-state index in [0.29, 0.717) is 23.8 Å². The van der Waals surface area contributed by atoms with E-state index in [4.69, 9.17) is 0 Å². The van der Waals surface area contributed by atoms with Crippen LogP contribution in [0.5, 0.6) is 5.75 Å². The zero-order valence-electron chi connectivity index (χ0n) is 17.7. The lowest BCUT2D eigenvalue weighted by Gasteiger charge is -2.59. The van der Waals surface area contributed by atoms with E-state index in [2.05, 4.69) is 17.1 Å². The topological polar surface area (TPSA) is 57.0 Å². The number of quaternary nitrogens is 1. The monoisotopic (exact) mass is 398 g/mol. The fourth-order valence-electron chi connectivity index (χ4n) is 7.30. The molecule has 1 saturated heterocycles. The molecule has 29 heavy (non-hydrogen) atoms. The van der Waals surface area contributed by atoms with Crippen LogP contribution in [0.3, 0.4) is 0 Å². The van der Waals surface area contributed by atoms with Gasteiger partial charge >= 0.3 is 0 Å². The summed E-state index contributed by atoms with van der Waals surface area (Å²) >= 11 is 0. The lowest BCUT2D eigenvalue weighted by Crippen LogP contribution is -3.16. The second-order valence-corrected chi connectivity index (χ2v) is 10.5. The van der Waals surface area contributed by atoms with Crippen LogP contribution in [0.15, 0.2) is 24.3 Å². The van der Waals surface area contributed by atoms with Crippen molar-refractivity contribution in [2.45, 2.75) is 51.5 Å². The first-order valence-corrected chi connectivity index (χ1v) is 11.7. The molecule has 0 unspecified atom stereocenters. The maximum absolute atomic E-state index is 12.8. The van der Waals surface area contributed by atoms with Crippen molar-refractivity contribution in [3.63, 3.8) is 0 Å². The maximum atomic E-state index is 12.8. The molecule has 0 spiro atoms. The molecule has 5 aliphatic rings. The van der Waals surface area contributed by atoms with Crippen LogP contribution >= 0.6 is 0 Å². The summed E-state index contributed by atoms with van der Waals surface area (Å²) in [6, 6.07) is 7.75. The number of piperazine rings is 1. The minimum atomic E-state index is 0.237. The Morgan fingerprint density at radius 3 is 2.21 bits per heavy atom. The normalized spacial score (nSPS) is 34.9. The number of phenols is 1. The van der Waals surface area contributed by atoms with Crippen molar-refractivity contribution in [3.05, 3.63) is 24.3 Å². The number of hydrogen-bond acceptors (Lipinski definition) is 3. The molecular formula is C24H36N3O2+. The highest BCUT2D eigenvalue weighted by Gasteiger charge is 2.53. The molecule has 1 atom stereocenters. The second kappa shape index (κ2) is 7.50. The third-order valence-corrected chi connectivity index (χ3v) is 8.48. The average molecular weight is 399 g/mol. The van der Waals surface area contributed by atoms with Gasteiger partial charge < -0.3 is 20.2 Å². The Morgan fingerprint density at radius 2 is 1.66 bits per heavy atom. The van der Waals surface area contributed by atoms with Crippen molar-refractivity contribution in [2.24, 2.45) is 23.2 Å².